The van der Waals surface area contributed by atoms with E-state index in [0.29, 0.717) is 6.54 Å². The maximum Gasteiger partial charge on any atom is 0.216 e. The lowest BCUT2D eigenvalue weighted by Gasteiger charge is -2.41. The number of benzene rings is 1. The van der Waals surface area contributed by atoms with Gasteiger partial charge >= 0.3 is 0 Å². The molecule has 2 aromatic rings. The lowest BCUT2D eigenvalue weighted by atomic mass is 9.62. The number of carbonyl (C=O) groups excluding carboxylic acids is 1. The molecule has 1 aliphatic carbocycles. The molecule has 0 bridgehead atoms. The summed E-state index contributed by atoms with van der Waals surface area (Å²) < 4.78 is 2.13. The van der Waals surface area contributed by atoms with E-state index in [1.54, 1.807) is 6.92 Å². The van der Waals surface area contributed by atoms with Crippen LogP contribution in [0.2, 0.25) is 5.02 Å². The second-order valence-electron chi connectivity index (χ2n) is 7.35. The summed E-state index contributed by atoms with van der Waals surface area (Å²) >= 11 is 6.54. The molecule has 1 amide bonds. The molecule has 1 aromatic heterocycles. The van der Waals surface area contributed by atoms with Crippen molar-refractivity contribution in [1.82, 2.24) is 15.1 Å². The van der Waals surface area contributed by atoms with Gasteiger partial charge in [0.25, 0.3) is 0 Å². The van der Waals surface area contributed by atoms with Gasteiger partial charge in [0, 0.05) is 49.6 Å². The lowest BCUT2D eigenvalue weighted by Crippen LogP contribution is -2.38. The Kier molecular flexibility index (Phi) is 4.65. The van der Waals surface area contributed by atoms with E-state index in [9.17, 15) is 4.79 Å². The van der Waals surface area contributed by atoms with Crippen molar-refractivity contribution in [2.45, 2.75) is 44.6 Å². The molecule has 138 valence electrons. The number of amides is 1. The fraction of sp³-hybridized carbons (Fsp3) is 0.500. The van der Waals surface area contributed by atoms with Gasteiger partial charge in [0.15, 0.2) is 0 Å². The van der Waals surface area contributed by atoms with Crippen molar-refractivity contribution in [2.75, 3.05) is 24.5 Å². The minimum Gasteiger partial charge on any atom is -0.355 e. The Morgan fingerprint density at radius 2 is 2.08 bits per heavy atom. The van der Waals surface area contributed by atoms with Crippen LogP contribution in [0.1, 0.15) is 43.9 Å². The highest BCUT2D eigenvalue weighted by Gasteiger charge is 2.44. The molecule has 0 saturated heterocycles. The molecule has 1 N–H and O–H groups in total. The Balaban J connectivity index is 1.63. The van der Waals surface area contributed by atoms with Gasteiger partial charge in [-0.05, 0) is 30.9 Å². The number of hydrogen-bond acceptors (Lipinski definition) is 3. The van der Waals surface area contributed by atoms with Crippen LogP contribution in [0, 0.1) is 0 Å². The van der Waals surface area contributed by atoms with Gasteiger partial charge in [0.1, 0.15) is 5.82 Å². The number of aromatic nitrogens is 2. The number of fused-ring (bicyclic) bond motifs is 1. The van der Waals surface area contributed by atoms with Crippen LogP contribution in [0.25, 0.3) is 0 Å². The Bertz CT molecular complexity index is 812. The second-order valence-corrected chi connectivity index (χ2v) is 7.76. The third-order valence-electron chi connectivity index (χ3n) is 5.72. The van der Waals surface area contributed by atoms with E-state index < -0.39 is 0 Å². The average Bonchev–Trinajstić information content (AvgIpc) is 3.00. The quantitative estimate of drug-likeness (QED) is 0.875. The number of aryl methyl sites for hydroxylation is 1. The predicted molar refractivity (Wildman–Crippen MR) is 104 cm³/mol. The van der Waals surface area contributed by atoms with Crippen molar-refractivity contribution in [3.63, 3.8) is 0 Å². The molecule has 0 spiro atoms. The third kappa shape index (κ3) is 2.98. The number of nitrogens with zero attached hydrogens (tertiary/aromatic N) is 3. The molecule has 1 saturated carbocycles. The van der Waals surface area contributed by atoms with Crippen molar-refractivity contribution in [3.8, 4) is 0 Å². The van der Waals surface area contributed by atoms with Gasteiger partial charge in [0.2, 0.25) is 5.91 Å². The molecule has 1 fully saturated rings. The molecule has 6 heteroatoms. The van der Waals surface area contributed by atoms with Crippen molar-refractivity contribution < 1.29 is 4.79 Å². The summed E-state index contributed by atoms with van der Waals surface area (Å²) in [4.78, 5) is 13.5. The fourth-order valence-corrected chi connectivity index (χ4v) is 4.54. The molecule has 26 heavy (non-hydrogen) atoms. The zero-order valence-corrected chi connectivity index (χ0v) is 15.9. The van der Waals surface area contributed by atoms with E-state index in [0.717, 1.165) is 55.4 Å². The van der Waals surface area contributed by atoms with Gasteiger partial charge in [-0.15, -0.1) is 0 Å². The number of nitrogens with one attached hydrogen (secondary N) is 1. The van der Waals surface area contributed by atoms with Crippen molar-refractivity contribution in [1.29, 1.82) is 0 Å². The molecule has 0 atom stereocenters. The highest BCUT2D eigenvalue weighted by molar-refractivity contribution is 6.31. The minimum atomic E-state index is -0.0496. The number of anilines is 1. The molecular formula is C20H25ClN4O. The Hall–Kier alpha value is -2.01. The summed E-state index contributed by atoms with van der Waals surface area (Å²) in [6, 6.07) is 10.4. The molecular weight excluding hydrogens is 348 g/mol. The van der Waals surface area contributed by atoms with E-state index >= 15 is 0 Å². The van der Waals surface area contributed by atoms with Crippen LogP contribution >= 0.6 is 11.6 Å². The Labute approximate surface area is 159 Å². The average molecular weight is 373 g/mol. The molecule has 2 aliphatic rings. The van der Waals surface area contributed by atoms with Crippen LogP contribution in [-0.4, -0.2) is 35.3 Å². The highest BCUT2D eigenvalue weighted by atomic mass is 35.5. The Morgan fingerprint density at radius 3 is 2.77 bits per heavy atom. The van der Waals surface area contributed by atoms with Gasteiger partial charge in [-0.3, -0.25) is 4.79 Å². The molecule has 5 nitrogen and oxygen atoms in total. The fourth-order valence-electron chi connectivity index (χ4n) is 4.22. The standard InChI is InChI=1S/C20H25ClN4O/c1-15(26)22-10-13-24-11-5-12-25-19(24)14-18(23-25)20(8-4-9-20)16-6-2-3-7-17(16)21/h2-3,6-7,14H,4-5,8-13H2,1H3,(H,22,26). The largest absolute Gasteiger partial charge is 0.355 e. The van der Waals surface area contributed by atoms with E-state index in [-0.39, 0.29) is 11.3 Å². The van der Waals surface area contributed by atoms with E-state index in [1.807, 2.05) is 12.1 Å². The summed E-state index contributed by atoms with van der Waals surface area (Å²) in [6.07, 6.45) is 4.48. The monoisotopic (exact) mass is 372 g/mol. The van der Waals surface area contributed by atoms with E-state index in [1.165, 1.54) is 12.0 Å². The summed E-state index contributed by atoms with van der Waals surface area (Å²) in [5.41, 5.74) is 2.29. The number of rotatable bonds is 5. The Morgan fingerprint density at radius 1 is 1.27 bits per heavy atom. The van der Waals surface area contributed by atoms with E-state index in [2.05, 4.69) is 33.1 Å². The topological polar surface area (TPSA) is 50.2 Å². The lowest BCUT2D eigenvalue weighted by molar-refractivity contribution is -0.118. The van der Waals surface area contributed by atoms with Gasteiger partial charge in [-0.2, -0.15) is 5.10 Å². The van der Waals surface area contributed by atoms with Gasteiger partial charge < -0.3 is 10.2 Å². The summed E-state index contributed by atoms with van der Waals surface area (Å²) in [6.45, 7) is 4.98. The van der Waals surface area contributed by atoms with E-state index in [4.69, 9.17) is 16.7 Å². The van der Waals surface area contributed by atoms with Crippen LogP contribution in [-0.2, 0) is 16.8 Å². The highest BCUT2D eigenvalue weighted by Crippen LogP contribution is 2.51. The summed E-state index contributed by atoms with van der Waals surface area (Å²) in [5, 5.41) is 8.71. The third-order valence-corrected chi connectivity index (χ3v) is 6.05. The van der Waals surface area contributed by atoms with Crippen LogP contribution < -0.4 is 10.2 Å². The predicted octanol–water partition coefficient (Wildman–Crippen LogP) is 3.35. The maximum absolute atomic E-state index is 11.1. The number of carbonyl (C=O) groups is 1. The molecule has 1 aromatic carbocycles. The van der Waals surface area contributed by atoms with Crippen molar-refractivity contribution >= 4 is 23.3 Å². The maximum atomic E-state index is 11.1. The molecule has 2 heterocycles. The number of halogens is 1. The minimum absolute atomic E-state index is 0.0170. The zero-order valence-electron chi connectivity index (χ0n) is 15.2. The first-order valence-corrected chi connectivity index (χ1v) is 9.81. The first-order valence-electron chi connectivity index (χ1n) is 9.43. The molecule has 4 rings (SSSR count). The number of hydrogen-bond donors (Lipinski definition) is 1. The van der Waals surface area contributed by atoms with Crippen LogP contribution in [0.3, 0.4) is 0 Å². The van der Waals surface area contributed by atoms with Crippen LogP contribution in [0.15, 0.2) is 30.3 Å². The first kappa shape index (κ1) is 17.4. The van der Waals surface area contributed by atoms with Crippen molar-refractivity contribution in [3.05, 3.63) is 46.6 Å². The summed E-state index contributed by atoms with van der Waals surface area (Å²) in [5.74, 6) is 1.18. The van der Waals surface area contributed by atoms with Crippen LogP contribution in [0.4, 0.5) is 5.82 Å². The van der Waals surface area contributed by atoms with Gasteiger partial charge in [-0.25, -0.2) is 4.68 Å². The molecule has 0 unspecified atom stereocenters. The van der Waals surface area contributed by atoms with Gasteiger partial charge in [-0.1, -0.05) is 36.2 Å². The van der Waals surface area contributed by atoms with Gasteiger partial charge in [0.05, 0.1) is 5.69 Å². The smallest absolute Gasteiger partial charge is 0.216 e. The SMILES string of the molecule is CC(=O)NCCN1CCCn2nc(C3(c4ccccc4Cl)CCC3)cc21. The van der Waals surface area contributed by atoms with Crippen molar-refractivity contribution in [2.24, 2.45) is 0 Å². The van der Waals surface area contributed by atoms with Crippen LogP contribution in [0.5, 0.6) is 0 Å². The molecule has 1 aliphatic heterocycles. The summed E-state index contributed by atoms with van der Waals surface area (Å²) in [7, 11) is 0. The first-order chi connectivity index (χ1) is 12.6. The molecule has 0 radical (unpaired) electrons. The normalized spacial score (nSPS) is 18.2. The second kappa shape index (κ2) is 6.95. The zero-order chi connectivity index (χ0) is 18.1.